The van der Waals surface area contributed by atoms with E-state index in [4.69, 9.17) is 21.3 Å². The molecular formula is C26H21ClN4O2S. The van der Waals surface area contributed by atoms with E-state index >= 15 is 0 Å². The Labute approximate surface area is 206 Å². The summed E-state index contributed by atoms with van der Waals surface area (Å²) in [4.78, 5) is 24.2. The molecule has 2 heterocycles. The van der Waals surface area contributed by atoms with Crippen molar-refractivity contribution < 1.29 is 9.53 Å². The van der Waals surface area contributed by atoms with E-state index in [1.54, 1.807) is 29.6 Å². The van der Waals surface area contributed by atoms with Crippen LogP contribution < -0.4 is 9.64 Å². The summed E-state index contributed by atoms with van der Waals surface area (Å²) in [7, 11) is 0. The fourth-order valence-electron chi connectivity index (χ4n) is 3.59. The van der Waals surface area contributed by atoms with Crippen LogP contribution in [0.25, 0.3) is 10.2 Å². The third-order valence-corrected chi connectivity index (χ3v) is 6.51. The number of amides is 1. The van der Waals surface area contributed by atoms with Gasteiger partial charge in [0.05, 0.1) is 16.5 Å². The lowest BCUT2D eigenvalue weighted by Gasteiger charge is -2.20. The number of hydrogen-bond donors (Lipinski definition) is 0. The Morgan fingerprint density at radius 2 is 1.88 bits per heavy atom. The quantitative estimate of drug-likeness (QED) is 0.244. The van der Waals surface area contributed by atoms with Crippen LogP contribution in [0.3, 0.4) is 0 Å². The molecule has 3 aromatic carbocycles. The van der Waals surface area contributed by atoms with Gasteiger partial charge in [0.2, 0.25) is 0 Å². The van der Waals surface area contributed by atoms with Gasteiger partial charge in [-0.1, -0.05) is 47.2 Å². The van der Waals surface area contributed by atoms with E-state index in [-0.39, 0.29) is 5.91 Å². The number of carbonyl (C=O) groups excluding carboxylic acids is 1. The number of thiazole rings is 1. The topological polar surface area (TPSA) is 60.2 Å². The Balaban J connectivity index is 1.42. The first-order valence-electron chi connectivity index (χ1n) is 10.8. The van der Waals surface area contributed by atoms with Crippen molar-refractivity contribution in [2.75, 3.05) is 11.4 Å². The van der Waals surface area contributed by atoms with Gasteiger partial charge in [0.1, 0.15) is 11.5 Å². The van der Waals surface area contributed by atoms with Crippen LogP contribution in [0.2, 0.25) is 5.02 Å². The van der Waals surface area contributed by atoms with E-state index in [1.165, 1.54) is 11.3 Å². The van der Waals surface area contributed by atoms with Crippen LogP contribution in [0.15, 0.2) is 91.5 Å². The molecule has 0 spiro atoms. The predicted molar refractivity (Wildman–Crippen MR) is 136 cm³/mol. The summed E-state index contributed by atoms with van der Waals surface area (Å²) >= 11 is 7.62. The van der Waals surface area contributed by atoms with Crippen molar-refractivity contribution in [3.05, 3.63) is 102 Å². The third kappa shape index (κ3) is 5.11. The number of halogens is 1. The molecule has 2 aromatic heterocycles. The molecule has 1 amide bonds. The van der Waals surface area contributed by atoms with E-state index in [2.05, 4.69) is 4.98 Å². The molecule has 170 valence electrons. The lowest BCUT2D eigenvalue weighted by molar-refractivity contribution is 0.0986. The van der Waals surface area contributed by atoms with Crippen molar-refractivity contribution in [3.8, 4) is 11.5 Å². The minimum absolute atomic E-state index is 0.130. The molecule has 0 fully saturated rings. The summed E-state index contributed by atoms with van der Waals surface area (Å²) in [5, 5.41) is 1.29. The van der Waals surface area contributed by atoms with Gasteiger partial charge in [-0.15, -0.1) is 0 Å². The lowest BCUT2D eigenvalue weighted by Crippen LogP contribution is -2.32. The monoisotopic (exact) mass is 488 g/mol. The fraction of sp³-hybridized carbons (Fsp3) is 0.115. The molecule has 0 aliphatic heterocycles. The van der Waals surface area contributed by atoms with Gasteiger partial charge in [-0.25, -0.2) is 9.97 Å². The molecule has 6 nitrogen and oxygen atoms in total. The molecule has 5 aromatic rings. The molecule has 0 radical (unpaired) electrons. The molecule has 8 heteroatoms. The van der Waals surface area contributed by atoms with Crippen molar-refractivity contribution in [2.24, 2.45) is 0 Å². The molecule has 0 bridgehead atoms. The fourth-order valence-corrected chi connectivity index (χ4v) is 4.86. The summed E-state index contributed by atoms with van der Waals surface area (Å²) in [6, 6.07) is 22.3. The SMILES string of the molecule is O=C(c1cccc(Oc2ccccc2)c1)N(CCCn1ccnc1)c1nc2ccc(Cl)cc2s1. The number of aromatic nitrogens is 3. The third-order valence-electron chi connectivity index (χ3n) is 5.23. The number of fused-ring (bicyclic) bond motifs is 1. The van der Waals surface area contributed by atoms with Gasteiger partial charge in [-0.3, -0.25) is 9.69 Å². The van der Waals surface area contributed by atoms with Gasteiger partial charge in [-0.2, -0.15) is 0 Å². The second-order valence-electron chi connectivity index (χ2n) is 7.66. The van der Waals surface area contributed by atoms with Crippen LogP contribution in [0.1, 0.15) is 16.8 Å². The zero-order chi connectivity index (χ0) is 23.3. The van der Waals surface area contributed by atoms with Crippen molar-refractivity contribution in [1.29, 1.82) is 0 Å². The minimum Gasteiger partial charge on any atom is -0.457 e. The number of carbonyl (C=O) groups is 1. The standard InChI is InChI=1S/C26H21ClN4O2S/c27-20-10-11-23-24(17-20)34-26(29-23)31(14-5-13-30-15-12-28-18-30)25(32)19-6-4-9-22(16-19)33-21-7-2-1-3-8-21/h1-4,6-12,15-18H,5,13-14H2. The zero-order valence-corrected chi connectivity index (χ0v) is 19.7. The minimum atomic E-state index is -0.130. The highest BCUT2D eigenvalue weighted by Gasteiger charge is 2.22. The number of hydrogen-bond acceptors (Lipinski definition) is 5. The number of para-hydroxylation sites is 1. The van der Waals surface area contributed by atoms with Gasteiger partial charge in [0.15, 0.2) is 5.13 Å². The second kappa shape index (κ2) is 10.1. The first kappa shape index (κ1) is 22.1. The van der Waals surface area contributed by atoms with Crippen molar-refractivity contribution in [1.82, 2.24) is 14.5 Å². The van der Waals surface area contributed by atoms with Crippen LogP contribution in [-0.2, 0) is 6.54 Å². The van der Waals surface area contributed by atoms with Crippen LogP contribution in [-0.4, -0.2) is 27.0 Å². The Morgan fingerprint density at radius 3 is 2.71 bits per heavy atom. The molecule has 0 atom stereocenters. The summed E-state index contributed by atoms with van der Waals surface area (Å²) in [5.41, 5.74) is 1.35. The largest absolute Gasteiger partial charge is 0.457 e. The molecule has 34 heavy (non-hydrogen) atoms. The lowest BCUT2D eigenvalue weighted by atomic mass is 10.2. The second-order valence-corrected chi connectivity index (χ2v) is 9.11. The molecule has 0 saturated heterocycles. The summed E-state index contributed by atoms with van der Waals surface area (Å²) in [6.07, 6.45) is 6.18. The highest BCUT2D eigenvalue weighted by molar-refractivity contribution is 7.22. The average Bonchev–Trinajstić information content (AvgIpc) is 3.52. The van der Waals surface area contributed by atoms with E-state index in [0.29, 0.717) is 33.8 Å². The maximum atomic E-state index is 13.7. The van der Waals surface area contributed by atoms with E-state index in [9.17, 15) is 4.79 Å². The zero-order valence-electron chi connectivity index (χ0n) is 18.2. The molecule has 0 saturated carbocycles. The maximum absolute atomic E-state index is 13.7. The average molecular weight is 489 g/mol. The first-order chi connectivity index (χ1) is 16.7. The van der Waals surface area contributed by atoms with Crippen molar-refractivity contribution >= 4 is 44.2 Å². The van der Waals surface area contributed by atoms with Crippen molar-refractivity contribution in [2.45, 2.75) is 13.0 Å². The first-order valence-corrected chi connectivity index (χ1v) is 12.0. The van der Waals surface area contributed by atoms with Crippen LogP contribution >= 0.6 is 22.9 Å². The van der Waals surface area contributed by atoms with Gasteiger partial charge >= 0.3 is 0 Å². The highest BCUT2D eigenvalue weighted by atomic mass is 35.5. The number of ether oxygens (including phenoxy) is 1. The van der Waals surface area contributed by atoms with Crippen LogP contribution in [0.4, 0.5) is 5.13 Å². The highest BCUT2D eigenvalue weighted by Crippen LogP contribution is 2.32. The number of anilines is 1. The maximum Gasteiger partial charge on any atom is 0.260 e. The Morgan fingerprint density at radius 1 is 1.03 bits per heavy atom. The molecule has 0 unspecified atom stereocenters. The predicted octanol–water partition coefficient (Wildman–Crippen LogP) is 6.68. The number of benzene rings is 3. The summed E-state index contributed by atoms with van der Waals surface area (Å²) in [5.74, 6) is 1.19. The number of aryl methyl sites for hydroxylation is 1. The number of rotatable bonds is 8. The van der Waals surface area contributed by atoms with Gasteiger partial charge in [0.25, 0.3) is 5.91 Å². The van der Waals surface area contributed by atoms with Crippen LogP contribution in [0, 0.1) is 0 Å². The van der Waals surface area contributed by atoms with E-state index < -0.39 is 0 Å². The summed E-state index contributed by atoms with van der Waals surface area (Å²) < 4.78 is 8.87. The normalized spacial score (nSPS) is 11.0. The van der Waals surface area contributed by atoms with Gasteiger partial charge in [0, 0.05) is 36.1 Å². The molecular weight excluding hydrogens is 468 g/mol. The Kier molecular flexibility index (Phi) is 6.56. The molecule has 0 aliphatic carbocycles. The van der Waals surface area contributed by atoms with Gasteiger partial charge in [-0.05, 0) is 55.0 Å². The smallest absolute Gasteiger partial charge is 0.260 e. The summed E-state index contributed by atoms with van der Waals surface area (Å²) in [6.45, 7) is 1.26. The van der Waals surface area contributed by atoms with Crippen molar-refractivity contribution in [3.63, 3.8) is 0 Å². The Bertz CT molecular complexity index is 1400. The van der Waals surface area contributed by atoms with E-state index in [1.807, 2.05) is 71.4 Å². The number of nitrogens with zero attached hydrogens (tertiary/aromatic N) is 4. The van der Waals surface area contributed by atoms with E-state index in [0.717, 1.165) is 23.2 Å². The molecule has 5 rings (SSSR count). The molecule has 0 N–H and O–H groups in total. The Hall–Kier alpha value is -3.68. The molecule has 0 aliphatic rings. The van der Waals surface area contributed by atoms with Crippen LogP contribution in [0.5, 0.6) is 11.5 Å². The van der Waals surface area contributed by atoms with Gasteiger partial charge < -0.3 is 9.30 Å². The number of imidazole rings is 1.